The molecule has 1 aliphatic heterocycles. The van der Waals surface area contributed by atoms with Crippen LogP contribution in [0.15, 0.2) is 42.5 Å². The number of ketones is 1. The zero-order valence-electron chi connectivity index (χ0n) is 17.1. The van der Waals surface area contributed by atoms with Crippen LogP contribution in [-0.4, -0.2) is 40.5 Å². The number of carbonyl (C=O) groups is 2. The summed E-state index contributed by atoms with van der Waals surface area (Å²) in [6.45, 7) is 2.46. The second-order valence-electron chi connectivity index (χ2n) is 8.00. The van der Waals surface area contributed by atoms with Crippen molar-refractivity contribution in [2.75, 3.05) is 13.7 Å². The fourth-order valence-corrected chi connectivity index (χ4v) is 3.74. The highest BCUT2D eigenvalue weighted by molar-refractivity contribution is 5.94. The Morgan fingerprint density at radius 2 is 1.82 bits per heavy atom. The summed E-state index contributed by atoms with van der Waals surface area (Å²) in [5.41, 5.74) is 2.92. The minimum Gasteiger partial charge on any atom is -0.447 e. The lowest BCUT2D eigenvalue weighted by Gasteiger charge is -2.28. The van der Waals surface area contributed by atoms with Crippen LogP contribution in [-0.2, 0) is 24.6 Å². The highest BCUT2D eigenvalue weighted by Gasteiger charge is 2.40. The molecule has 0 N–H and O–H groups in total. The van der Waals surface area contributed by atoms with Crippen molar-refractivity contribution in [3.05, 3.63) is 59.4 Å². The molecule has 28 heavy (non-hydrogen) atoms. The van der Waals surface area contributed by atoms with Crippen molar-refractivity contribution in [1.29, 1.82) is 0 Å². The number of amides is 1. The molecule has 0 unspecified atom stereocenters. The standard InChI is InChI=1S/C23H30N2O3/c1-23(17-28-22(27)25(23)3)16-15-19-13-14-20(24(19)2)21(26)12-8-7-11-18-9-5-4-6-10-18/h4-6,9-10,13-14H,7-8,11-12,15-17H2,1-3H3/t23-/m1/s1. The number of aryl methyl sites for hydroxylation is 2. The number of aromatic nitrogens is 1. The van der Waals surface area contributed by atoms with Crippen molar-refractivity contribution in [2.24, 2.45) is 7.05 Å². The van der Waals surface area contributed by atoms with E-state index in [0.717, 1.165) is 43.5 Å². The molecule has 150 valence electrons. The van der Waals surface area contributed by atoms with Crippen LogP contribution in [0, 0.1) is 0 Å². The van der Waals surface area contributed by atoms with Gasteiger partial charge in [-0.25, -0.2) is 4.79 Å². The number of rotatable bonds is 9. The van der Waals surface area contributed by atoms with E-state index >= 15 is 0 Å². The molecule has 0 bridgehead atoms. The number of hydrogen-bond acceptors (Lipinski definition) is 3. The first-order chi connectivity index (χ1) is 13.4. The molecule has 3 rings (SSSR count). The third-order valence-electron chi connectivity index (χ3n) is 5.98. The molecule has 1 aromatic carbocycles. The number of unbranched alkanes of at least 4 members (excludes halogenated alkanes) is 1. The van der Waals surface area contributed by atoms with Crippen molar-refractivity contribution in [3.63, 3.8) is 0 Å². The predicted molar refractivity (Wildman–Crippen MR) is 110 cm³/mol. The molecule has 1 amide bonds. The Morgan fingerprint density at radius 3 is 2.50 bits per heavy atom. The van der Waals surface area contributed by atoms with Crippen LogP contribution in [0.2, 0.25) is 0 Å². The first kappa shape index (κ1) is 20.2. The zero-order chi connectivity index (χ0) is 20.1. The molecule has 1 atom stereocenters. The number of cyclic esters (lactones) is 1. The second-order valence-corrected chi connectivity index (χ2v) is 8.00. The van der Waals surface area contributed by atoms with Crippen molar-refractivity contribution in [2.45, 2.75) is 51.0 Å². The van der Waals surface area contributed by atoms with E-state index in [4.69, 9.17) is 4.74 Å². The molecule has 0 aliphatic carbocycles. The van der Waals surface area contributed by atoms with Crippen LogP contribution in [0.3, 0.4) is 0 Å². The summed E-state index contributed by atoms with van der Waals surface area (Å²) >= 11 is 0. The Hall–Kier alpha value is -2.56. The first-order valence-electron chi connectivity index (χ1n) is 10.0. The van der Waals surface area contributed by atoms with Crippen LogP contribution < -0.4 is 0 Å². The average molecular weight is 383 g/mol. The number of likely N-dealkylation sites (N-methyl/N-ethyl adjacent to an activating group) is 1. The third-order valence-corrected chi connectivity index (χ3v) is 5.98. The van der Waals surface area contributed by atoms with Gasteiger partial charge in [-0.05, 0) is 56.7 Å². The summed E-state index contributed by atoms with van der Waals surface area (Å²) in [6, 6.07) is 14.3. The van der Waals surface area contributed by atoms with Crippen LogP contribution in [0.4, 0.5) is 4.79 Å². The summed E-state index contributed by atoms with van der Waals surface area (Å²) in [7, 11) is 3.74. The largest absolute Gasteiger partial charge is 0.447 e. The topological polar surface area (TPSA) is 51.5 Å². The normalized spacial score (nSPS) is 19.1. The highest BCUT2D eigenvalue weighted by atomic mass is 16.6. The lowest BCUT2D eigenvalue weighted by molar-refractivity contribution is 0.0971. The SMILES string of the molecule is CN1C(=O)OC[C@@]1(C)CCc1ccc(C(=O)CCCCc2ccccc2)n1C. The van der Waals surface area contributed by atoms with Gasteiger partial charge in [0.05, 0.1) is 11.2 Å². The summed E-state index contributed by atoms with van der Waals surface area (Å²) < 4.78 is 7.16. The summed E-state index contributed by atoms with van der Waals surface area (Å²) in [5.74, 6) is 0.199. The maximum absolute atomic E-state index is 12.6. The fraction of sp³-hybridized carbons (Fsp3) is 0.478. The minimum absolute atomic E-state index is 0.199. The van der Waals surface area contributed by atoms with Gasteiger partial charge in [0.2, 0.25) is 0 Å². The molecule has 0 radical (unpaired) electrons. The quantitative estimate of drug-likeness (QED) is 0.477. The Balaban J connectivity index is 1.49. The molecule has 0 spiro atoms. The van der Waals surface area contributed by atoms with E-state index in [2.05, 4.69) is 24.3 Å². The van der Waals surface area contributed by atoms with E-state index in [-0.39, 0.29) is 17.4 Å². The summed E-state index contributed by atoms with van der Waals surface area (Å²) in [4.78, 5) is 25.9. The predicted octanol–water partition coefficient (Wildman–Crippen LogP) is 4.39. The van der Waals surface area contributed by atoms with E-state index in [1.54, 1.807) is 11.9 Å². The Kier molecular flexibility index (Phi) is 6.22. The molecule has 1 saturated heterocycles. The van der Waals surface area contributed by atoms with Crippen molar-refractivity contribution >= 4 is 11.9 Å². The van der Waals surface area contributed by atoms with Gasteiger partial charge in [0.1, 0.15) is 6.61 Å². The van der Waals surface area contributed by atoms with E-state index in [1.807, 2.05) is 36.7 Å². The summed E-state index contributed by atoms with van der Waals surface area (Å²) in [5, 5.41) is 0. The molecule has 1 aliphatic rings. The monoisotopic (exact) mass is 382 g/mol. The second kappa shape index (κ2) is 8.63. The lowest BCUT2D eigenvalue weighted by Crippen LogP contribution is -2.42. The molecular weight excluding hydrogens is 352 g/mol. The molecule has 5 nitrogen and oxygen atoms in total. The van der Waals surface area contributed by atoms with E-state index in [0.29, 0.717) is 13.0 Å². The van der Waals surface area contributed by atoms with Crippen LogP contribution in [0.1, 0.15) is 54.4 Å². The van der Waals surface area contributed by atoms with E-state index < -0.39 is 0 Å². The number of ether oxygens (including phenoxy) is 1. The van der Waals surface area contributed by atoms with Gasteiger partial charge in [0.15, 0.2) is 5.78 Å². The van der Waals surface area contributed by atoms with Crippen LogP contribution in [0.5, 0.6) is 0 Å². The van der Waals surface area contributed by atoms with Gasteiger partial charge in [0.25, 0.3) is 0 Å². The first-order valence-corrected chi connectivity index (χ1v) is 10.0. The Labute approximate surface area is 167 Å². The number of hydrogen-bond donors (Lipinski definition) is 0. The van der Waals surface area contributed by atoms with Crippen LogP contribution >= 0.6 is 0 Å². The summed E-state index contributed by atoms with van der Waals surface area (Å²) in [6.07, 6.45) is 4.85. The van der Waals surface area contributed by atoms with Crippen molar-refractivity contribution < 1.29 is 14.3 Å². The lowest BCUT2D eigenvalue weighted by atomic mass is 9.95. The molecular formula is C23H30N2O3. The van der Waals surface area contributed by atoms with Gasteiger partial charge in [-0.2, -0.15) is 0 Å². The third kappa shape index (κ3) is 4.46. The Morgan fingerprint density at radius 1 is 1.07 bits per heavy atom. The highest BCUT2D eigenvalue weighted by Crippen LogP contribution is 2.27. The maximum atomic E-state index is 12.6. The van der Waals surface area contributed by atoms with E-state index in [9.17, 15) is 9.59 Å². The van der Waals surface area contributed by atoms with Gasteiger partial charge in [0, 0.05) is 26.2 Å². The van der Waals surface area contributed by atoms with Gasteiger partial charge < -0.3 is 14.2 Å². The molecule has 1 aromatic heterocycles. The average Bonchev–Trinajstić information content (AvgIpc) is 3.19. The molecule has 0 saturated carbocycles. The van der Waals surface area contributed by atoms with Gasteiger partial charge >= 0.3 is 6.09 Å². The number of nitrogens with zero attached hydrogens (tertiary/aromatic N) is 2. The minimum atomic E-state index is -0.289. The van der Waals surface area contributed by atoms with Crippen LogP contribution in [0.25, 0.3) is 0 Å². The Bertz CT molecular complexity index is 828. The fourth-order valence-electron chi connectivity index (χ4n) is 3.74. The maximum Gasteiger partial charge on any atom is 0.410 e. The number of Topliss-reactive ketones (excluding diaryl/α,β-unsaturated/α-hetero) is 1. The van der Waals surface area contributed by atoms with Gasteiger partial charge in [-0.1, -0.05) is 30.3 Å². The van der Waals surface area contributed by atoms with Gasteiger partial charge in [-0.15, -0.1) is 0 Å². The number of carbonyl (C=O) groups excluding carboxylic acids is 2. The van der Waals surface area contributed by atoms with Crippen molar-refractivity contribution in [1.82, 2.24) is 9.47 Å². The number of benzene rings is 1. The van der Waals surface area contributed by atoms with Crippen molar-refractivity contribution in [3.8, 4) is 0 Å². The van der Waals surface area contributed by atoms with Gasteiger partial charge in [-0.3, -0.25) is 4.79 Å². The molecule has 2 heterocycles. The molecule has 1 fully saturated rings. The smallest absolute Gasteiger partial charge is 0.410 e. The molecule has 2 aromatic rings. The molecule has 5 heteroatoms. The zero-order valence-corrected chi connectivity index (χ0v) is 17.1. The van der Waals surface area contributed by atoms with E-state index in [1.165, 1.54) is 5.56 Å².